The molecule has 0 radical (unpaired) electrons. The van der Waals surface area contributed by atoms with Crippen LogP contribution in [0.3, 0.4) is 0 Å². The molecule has 1 aromatic heterocycles. The number of hydrogen-bond acceptors (Lipinski definition) is 3. The Kier molecular flexibility index (Phi) is 3.78. The van der Waals surface area contributed by atoms with Crippen molar-refractivity contribution in [3.05, 3.63) is 35.5 Å². The summed E-state index contributed by atoms with van der Waals surface area (Å²) >= 11 is 0. The van der Waals surface area contributed by atoms with Crippen LogP contribution in [0.1, 0.15) is 54.1 Å². The Labute approximate surface area is 123 Å². The van der Waals surface area contributed by atoms with E-state index in [0.717, 1.165) is 18.5 Å². The molecule has 4 heteroatoms. The maximum absolute atomic E-state index is 11.5. The summed E-state index contributed by atoms with van der Waals surface area (Å²) < 4.78 is 5.22. The second-order valence-electron chi connectivity index (χ2n) is 5.62. The monoisotopic (exact) mass is 285 g/mol. The quantitative estimate of drug-likeness (QED) is 0.926. The number of ether oxygens (including phenoxy) is 1. The van der Waals surface area contributed by atoms with Crippen LogP contribution in [0.4, 0.5) is 0 Å². The van der Waals surface area contributed by atoms with E-state index in [-0.39, 0.29) is 0 Å². The van der Waals surface area contributed by atoms with Gasteiger partial charge in [-0.05, 0) is 31.0 Å². The second kappa shape index (κ2) is 5.72. The standard InChI is InChI=1S/C17H19NO3/c1-21-12-7-8-13-14(17(19)20)10-15(18-16(13)9-12)11-5-3-2-4-6-11/h7-11H,2-6H2,1H3,(H,19,20). The molecule has 1 heterocycles. The maximum Gasteiger partial charge on any atom is 0.336 e. The summed E-state index contributed by atoms with van der Waals surface area (Å²) in [5.41, 5.74) is 1.95. The fraction of sp³-hybridized carbons (Fsp3) is 0.412. The molecule has 21 heavy (non-hydrogen) atoms. The molecule has 0 bridgehead atoms. The first-order valence-corrected chi connectivity index (χ1v) is 7.41. The number of carboxylic acid groups (broad SMARTS) is 1. The van der Waals surface area contributed by atoms with E-state index in [4.69, 9.17) is 9.72 Å². The number of methoxy groups -OCH3 is 1. The highest BCUT2D eigenvalue weighted by molar-refractivity contribution is 6.02. The average molecular weight is 285 g/mol. The lowest BCUT2D eigenvalue weighted by atomic mass is 9.86. The van der Waals surface area contributed by atoms with Crippen LogP contribution in [0.15, 0.2) is 24.3 Å². The molecular formula is C17H19NO3. The molecular weight excluding hydrogens is 266 g/mol. The lowest BCUT2D eigenvalue weighted by Gasteiger charge is -2.22. The fourth-order valence-electron chi connectivity index (χ4n) is 3.14. The number of nitrogens with zero attached hydrogens (tertiary/aromatic N) is 1. The Morgan fingerprint density at radius 2 is 2.00 bits per heavy atom. The number of pyridine rings is 1. The third kappa shape index (κ3) is 2.71. The molecule has 1 N–H and O–H groups in total. The first kappa shape index (κ1) is 13.9. The van der Waals surface area contributed by atoms with Crippen LogP contribution in [0.25, 0.3) is 10.9 Å². The van der Waals surface area contributed by atoms with Crippen LogP contribution < -0.4 is 4.74 Å². The number of carboxylic acids is 1. The minimum Gasteiger partial charge on any atom is -0.497 e. The molecule has 0 amide bonds. The molecule has 0 saturated heterocycles. The number of fused-ring (bicyclic) bond motifs is 1. The van der Waals surface area contributed by atoms with Crippen LogP contribution in [0.2, 0.25) is 0 Å². The van der Waals surface area contributed by atoms with E-state index in [1.807, 2.05) is 6.07 Å². The van der Waals surface area contributed by atoms with Gasteiger partial charge in [-0.15, -0.1) is 0 Å². The Morgan fingerprint density at radius 3 is 2.67 bits per heavy atom. The largest absolute Gasteiger partial charge is 0.497 e. The van der Waals surface area contributed by atoms with E-state index in [1.165, 1.54) is 19.3 Å². The van der Waals surface area contributed by atoms with E-state index in [9.17, 15) is 9.90 Å². The van der Waals surface area contributed by atoms with Gasteiger partial charge in [-0.25, -0.2) is 4.79 Å². The fourth-order valence-corrected chi connectivity index (χ4v) is 3.14. The molecule has 3 rings (SSSR count). The van der Waals surface area contributed by atoms with E-state index < -0.39 is 5.97 Å². The Bertz CT molecular complexity index is 675. The Morgan fingerprint density at radius 1 is 1.24 bits per heavy atom. The normalized spacial score (nSPS) is 16.0. The van der Waals surface area contributed by atoms with Crippen molar-refractivity contribution in [2.24, 2.45) is 0 Å². The molecule has 0 spiro atoms. The summed E-state index contributed by atoms with van der Waals surface area (Å²) in [5, 5.41) is 10.1. The van der Waals surface area contributed by atoms with Crippen molar-refractivity contribution in [3.63, 3.8) is 0 Å². The first-order valence-electron chi connectivity index (χ1n) is 7.41. The van der Waals surface area contributed by atoms with Crippen LogP contribution in [0, 0.1) is 0 Å². The van der Waals surface area contributed by atoms with Crippen molar-refractivity contribution in [3.8, 4) is 5.75 Å². The molecule has 1 aliphatic rings. The molecule has 1 saturated carbocycles. The number of aromatic nitrogens is 1. The summed E-state index contributed by atoms with van der Waals surface area (Å²) in [4.78, 5) is 16.3. The Balaban J connectivity index is 2.14. The van der Waals surface area contributed by atoms with Gasteiger partial charge >= 0.3 is 5.97 Å². The van der Waals surface area contributed by atoms with Crippen molar-refractivity contribution in [2.45, 2.75) is 38.0 Å². The van der Waals surface area contributed by atoms with Gasteiger partial charge in [0.05, 0.1) is 18.2 Å². The van der Waals surface area contributed by atoms with Crippen molar-refractivity contribution >= 4 is 16.9 Å². The van der Waals surface area contributed by atoms with Crippen LogP contribution in [-0.2, 0) is 0 Å². The molecule has 0 unspecified atom stereocenters. The molecule has 110 valence electrons. The summed E-state index contributed by atoms with van der Waals surface area (Å²) in [6.07, 6.45) is 5.86. The topological polar surface area (TPSA) is 59.4 Å². The van der Waals surface area contributed by atoms with E-state index in [0.29, 0.717) is 28.1 Å². The lowest BCUT2D eigenvalue weighted by Crippen LogP contribution is -2.09. The molecule has 4 nitrogen and oxygen atoms in total. The van der Waals surface area contributed by atoms with Gasteiger partial charge in [0.15, 0.2) is 0 Å². The van der Waals surface area contributed by atoms with Gasteiger partial charge in [0.2, 0.25) is 0 Å². The molecule has 1 aromatic carbocycles. The first-order chi connectivity index (χ1) is 10.2. The van der Waals surface area contributed by atoms with Crippen molar-refractivity contribution in [1.82, 2.24) is 4.98 Å². The molecule has 0 aliphatic heterocycles. The smallest absolute Gasteiger partial charge is 0.336 e. The zero-order chi connectivity index (χ0) is 14.8. The number of aromatic carboxylic acids is 1. The lowest BCUT2D eigenvalue weighted by molar-refractivity contribution is 0.0698. The van der Waals surface area contributed by atoms with Gasteiger partial charge in [-0.3, -0.25) is 4.98 Å². The van der Waals surface area contributed by atoms with Crippen molar-refractivity contribution in [2.75, 3.05) is 7.11 Å². The maximum atomic E-state index is 11.5. The number of rotatable bonds is 3. The van der Waals surface area contributed by atoms with Gasteiger partial charge in [0, 0.05) is 23.1 Å². The summed E-state index contributed by atoms with van der Waals surface area (Å²) in [5.74, 6) is 0.184. The molecule has 1 aliphatic carbocycles. The van der Waals surface area contributed by atoms with Crippen LogP contribution in [0.5, 0.6) is 5.75 Å². The Hall–Kier alpha value is -2.10. The predicted octanol–water partition coefficient (Wildman–Crippen LogP) is 3.99. The van der Waals surface area contributed by atoms with E-state index in [1.54, 1.807) is 25.3 Å². The van der Waals surface area contributed by atoms with Crippen LogP contribution >= 0.6 is 0 Å². The van der Waals surface area contributed by atoms with Gasteiger partial charge in [-0.1, -0.05) is 19.3 Å². The van der Waals surface area contributed by atoms with Gasteiger partial charge in [-0.2, -0.15) is 0 Å². The van der Waals surface area contributed by atoms with E-state index in [2.05, 4.69) is 0 Å². The predicted molar refractivity (Wildman–Crippen MR) is 81.1 cm³/mol. The number of hydrogen-bond donors (Lipinski definition) is 1. The van der Waals surface area contributed by atoms with Gasteiger partial charge in [0.1, 0.15) is 5.75 Å². The van der Waals surface area contributed by atoms with Crippen molar-refractivity contribution < 1.29 is 14.6 Å². The summed E-state index contributed by atoms with van der Waals surface area (Å²) in [7, 11) is 1.60. The zero-order valence-electron chi connectivity index (χ0n) is 12.1. The average Bonchev–Trinajstić information content (AvgIpc) is 2.53. The third-order valence-corrected chi connectivity index (χ3v) is 4.29. The highest BCUT2D eigenvalue weighted by Gasteiger charge is 2.20. The third-order valence-electron chi connectivity index (χ3n) is 4.29. The number of carbonyl (C=O) groups is 1. The SMILES string of the molecule is COc1ccc2c(C(=O)O)cc(C3CCCCC3)nc2c1. The van der Waals surface area contributed by atoms with Crippen LogP contribution in [-0.4, -0.2) is 23.2 Å². The highest BCUT2D eigenvalue weighted by Crippen LogP contribution is 2.34. The molecule has 2 aromatic rings. The highest BCUT2D eigenvalue weighted by atomic mass is 16.5. The number of benzene rings is 1. The van der Waals surface area contributed by atoms with Gasteiger partial charge < -0.3 is 9.84 Å². The summed E-state index contributed by atoms with van der Waals surface area (Å²) in [6, 6.07) is 7.12. The van der Waals surface area contributed by atoms with E-state index >= 15 is 0 Å². The second-order valence-corrected chi connectivity index (χ2v) is 5.62. The molecule has 1 fully saturated rings. The van der Waals surface area contributed by atoms with Gasteiger partial charge in [0.25, 0.3) is 0 Å². The zero-order valence-corrected chi connectivity index (χ0v) is 12.1. The summed E-state index contributed by atoms with van der Waals surface area (Å²) in [6.45, 7) is 0. The van der Waals surface area contributed by atoms with Crippen molar-refractivity contribution in [1.29, 1.82) is 0 Å². The molecule has 0 atom stereocenters. The minimum absolute atomic E-state index is 0.336. The minimum atomic E-state index is -0.898.